The van der Waals surface area contributed by atoms with Crippen molar-refractivity contribution in [1.29, 1.82) is 0 Å². The van der Waals surface area contributed by atoms with Gasteiger partial charge in [0.15, 0.2) is 5.69 Å². The summed E-state index contributed by atoms with van der Waals surface area (Å²) in [5, 5.41) is 12.0. The van der Waals surface area contributed by atoms with Crippen LogP contribution in [0.3, 0.4) is 0 Å². The molecule has 3 N–H and O–H groups in total. The number of carbonyl (C=O) groups excluding carboxylic acids is 1. The zero-order chi connectivity index (χ0) is 17.9. The lowest BCUT2D eigenvalue weighted by atomic mass is 9.97. The van der Waals surface area contributed by atoms with Crippen molar-refractivity contribution >= 4 is 5.91 Å². The second-order valence-electron chi connectivity index (χ2n) is 6.91. The molecule has 0 radical (unpaired) electrons. The predicted molar refractivity (Wildman–Crippen MR) is 85.6 cm³/mol. The van der Waals surface area contributed by atoms with Gasteiger partial charge in [-0.15, -0.1) is 0 Å². The van der Waals surface area contributed by atoms with Gasteiger partial charge in [-0.25, -0.2) is 0 Å². The summed E-state index contributed by atoms with van der Waals surface area (Å²) in [4.78, 5) is 14.2. The number of nitrogens with zero attached hydrogens (tertiary/aromatic N) is 2. The van der Waals surface area contributed by atoms with Crippen LogP contribution in [0.25, 0.3) is 0 Å². The summed E-state index contributed by atoms with van der Waals surface area (Å²) in [5.41, 5.74) is -0.417. The van der Waals surface area contributed by atoms with Gasteiger partial charge in [-0.1, -0.05) is 0 Å². The van der Waals surface area contributed by atoms with Crippen LogP contribution in [-0.2, 0) is 17.5 Å². The van der Waals surface area contributed by atoms with Crippen molar-refractivity contribution < 1.29 is 18.0 Å². The summed E-state index contributed by atoms with van der Waals surface area (Å²) in [6, 6.07) is 0.988. The quantitative estimate of drug-likeness (QED) is 0.745. The molecule has 3 rings (SSSR count). The zero-order valence-corrected chi connectivity index (χ0v) is 14.0. The third-order valence-electron chi connectivity index (χ3n) is 4.86. The van der Waals surface area contributed by atoms with Crippen LogP contribution in [-0.4, -0.2) is 53.2 Å². The molecule has 0 saturated carbocycles. The van der Waals surface area contributed by atoms with E-state index in [4.69, 9.17) is 0 Å². The molecule has 1 amide bonds. The topological polar surface area (TPSA) is 73.0 Å². The summed E-state index contributed by atoms with van der Waals surface area (Å²) < 4.78 is 37.8. The first kappa shape index (κ1) is 18.2. The maximum absolute atomic E-state index is 12.6. The molecule has 2 atom stereocenters. The minimum absolute atomic E-state index is 0.0537. The molecule has 25 heavy (non-hydrogen) atoms. The van der Waals surface area contributed by atoms with Gasteiger partial charge < -0.3 is 10.6 Å². The third kappa shape index (κ3) is 4.94. The molecule has 2 aliphatic rings. The fraction of sp³-hybridized carbons (Fsp3) is 0.750. The highest BCUT2D eigenvalue weighted by molar-refractivity contribution is 5.81. The van der Waals surface area contributed by atoms with E-state index >= 15 is 0 Å². The summed E-state index contributed by atoms with van der Waals surface area (Å²) in [6.45, 7) is 3.52. The molecule has 9 heteroatoms. The van der Waals surface area contributed by atoms with E-state index in [1.54, 1.807) is 0 Å². The van der Waals surface area contributed by atoms with Crippen molar-refractivity contribution in [1.82, 2.24) is 25.7 Å². The van der Waals surface area contributed by atoms with Gasteiger partial charge in [0.05, 0.1) is 6.04 Å². The highest BCUT2D eigenvalue weighted by atomic mass is 19.4. The minimum Gasteiger partial charge on any atom is -0.354 e. The molecule has 2 fully saturated rings. The second-order valence-corrected chi connectivity index (χ2v) is 6.91. The van der Waals surface area contributed by atoms with Crippen molar-refractivity contribution in [2.24, 2.45) is 5.92 Å². The number of likely N-dealkylation sites (tertiary alicyclic amines) is 1. The van der Waals surface area contributed by atoms with Gasteiger partial charge in [0.2, 0.25) is 5.91 Å². The van der Waals surface area contributed by atoms with Crippen LogP contribution in [0.4, 0.5) is 13.2 Å². The highest BCUT2D eigenvalue weighted by Crippen LogP contribution is 2.28. The van der Waals surface area contributed by atoms with Crippen molar-refractivity contribution in [2.45, 2.75) is 44.4 Å². The third-order valence-corrected chi connectivity index (χ3v) is 4.86. The van der Waals surface area contributed by atoms with Crippen LogP contribution < -0.4 is 10.6 Å². The predicted octanol–water partition coefficient (Wildman–Crippen LogP) is 1.51. The van der Waals surface area contributed by atoms with Gasteiger partial charge in [-0.05, 0) is 50.8 Å². The molecule has 2 saturated heterocycles. The highest BCUT2D eigenvalue weighted by Gasteiger charge is 2.34. The average molecular weight is 359 g/mol. The van der Waals surface area contributed by atoms with E-state index in [0.29, 0.717) is 24.7 Å². The molecule has 2 unspecified atom stereocenters. The number of hydrogen-bond acceptors (Lipinski definition) is 4. The lowest BCUT2D eigenvalue weighted by Crippen LogP contribution is -2.45. The zero-order valence-electron chi connectivity index (χ0n) is 14.0. The van der Waals surface area contributed by atoms with E-state index in [9.17, 15) is 18.0 Å². The fourth-order valence-corrected chi connectivity index (χ4v) is 3.57. The van der Waals surface area contributed by atoms with Crippen LogP contribution in [0.1, 0.15) is 37.1 Å². The van der Waals surface area contributed by atoms with Gasteiger partial charge >= 0.3 is 6.18 Å². The number of nitrogens with one attached hydrogen (secondary N) is 3. The Labute approximate surface area is 144 Å². The van der Waals surface area contributed by atoms with Crippen molar-refractivity contribution in [2.75, 3.05) is 26.2 Å². The fourth-order valence-electron chi connectivity index (χ4n) is 3.57. The maximum atomic E-state index is 12.6. The van der Waals surface area contributed by atoms with E-state index < -0.39 is 11.9 Å². The van der Waals surface area contributed by atoms with Gasteiger partial charge in [-0.2, -0.15) is 18.3 Å². The Bertz CT molecular complexity index is 583. The molecule has 0 aliphatic carbocycles. The Hall–Kier alpha value is -1.61. The first-order chi connectivity index (χ1) is 11.9. The Balaban J connectivity index is 1.46. The molecule has 0 spiro atoms. The van der Waals surface area contributed by atoms with Gasteiger partial charge in [0.25, 0.3) is 0 Å². The molecule has 1 aromatic heterocycles. The van der Waals surface area contributed by atoms with E-state index in [1.807, 2.05) is 0 Å². The van der Waals surface area contributed by atoms with Gasteiger partial charge in [0.1, 0.15) is 0 Å². The van der Waals surface area contributed by atoms with E-state index in [0.717, 1.165) is 51.4 Å². The standard InChI is InChI=1S/C16H24F3N5O/c17-16(18,19)14-7-12(22-23-14)10-24-6-2-3-11(9-24)8-21-15(25)13-4-1-5-20-13/h7,11,13,20H,1-6,8-10H2,(H,21,25)(H,22,23). The van der Waals surface area contributed by atoms with Crippen LogP contribution >= 0.6 is 0 Å². The maximum Gasteiger partial charge on any atom is 0.435 e. The number of H-pyrrole nitrogens is 1. The first-order valence-corrected chi connectivity index (χ1v) is 8.77. The number of halogens is 3. The number of rotatable bonds is 5. The first-order valence-electron chi connectivity index (χ1n) is 8.77. The van der Waals surface area contributed by atoms with Crippen LogP contribution in [0, 0.1) is 5.92 Å². The largest absolute Gasteiger partial charge is 0.435 e. The number of aromatic nitrogens is 2. The van der Waals surface area contributed by atoms with E-state index in [-0.39, 0.29) is 11.9 Å². The minimum atomic E-state index is -4.42. The number of aromatic amines is 1. The number of alkyl halides is 3. The summed E-state index contributed by atoms with van der Waals surface area (Å²) in [5.74, 6) is 0.377. The molecule has 2 aliphatic heterocycles. The van der Waals surface area contributed by atoms with Gasteiger partial charge in [-0.3, -0.25) is 14.8 Å². The van der Waals surface area contributed by atoms with Crippen LogP contribution in [0.2, 0.25) is 0 Å². The Morgan fingerprint density at radius 3 is 2.88 bits per heavy atom. The number of hydrogen-bond donors (Lipinski definition) is 3. The van der Waals surface area contributed by atoms with Crippen LogP contribution in [0.5, 0.6) is 0 Å². The Morgan fingerprint density at radius 2 is 2.20 bits per heavy atom. The smallest absolute Gasteiger partial charge is 0.354 e. The summed E-state index contributed by atoms with van der Waals surface area (Å²) in [7, 11) is 0. The lowest BCUT2D eigenvalue weighted by molar-refractivity contribution is -0.141. The number of amides is 1. The molecule has 0 bridgehead atoms. The monoisotopic (exact) mass is 359 g/mol. The molecule has 140 valence electrons. The molecule has 3 heterocycles. The molecular formula is C16H24F3N5O. The second kappa shape index (κ2) is 7.74. The molecular weight excluding hydrogens is 335 g/mol. The SMILES string of the molecule is O=C(NCC1CCCN(Cc2cc(C(F)(F)F)n[nH]2)C1)C1CCCN1. The van der Waals surface area contributed by atoms with Crippen molar-refractivity contribution in [3.63, 3.8) is 0 Å². The van der Waals surface area contributed by atoms with Crippen molar-refractivity contribution in [3.8, 4) is 0 Å². The Morgan fingerprint density at radius 1 is 1.36 bits per heavy atom. The number of piperidine rings is 1. The van der Waals surface area contributed by atoms with Gasteiger partial charge in [0, 0.05) is 25.3 Å². The molecule has 1 aromatic rings. The van der Waals surface area contributed by atoms with Crippen molar-refractivity contribution in [3.05, 3.63) is 17.5 Å². The van der Waals surface area contributed by atoms with E-state index in [2.05, 4.69) is 25.7 Å². The molecule has 6 nitrogen and oxygen atoms in total. The normalized spacial score (nSPS) is 25.2. The average Bonchev–Trinajstić information content (AvgIpc) is 3.24. The lowest BCUT2D eigenvalue weighted by Gasteiger charge is -2.32. The van der Waals surface area contributed by atoms with E-state index in [1.165, 1.54) is 0 Å². The summed E-state index contributed by atoms with van der Waals surface area (Å²) in [6.07, 6.45) is -0.519. The molecule has 0 aromatic carbocycles. The number of carbonyl (C=O) groups is 1. The van der Waals surface area contributed by atoms with Crippen LogP contribution in [0.15, 0.2) is 6.07 Å². The summed E-state index contributed by atoms with van der Waals surface area (Å²) >= 11 is 0. The Kier molecular flexibility index (Phi) is 5.63.